The zero-order chi connectivity index (χ0) is 16.5. The van der Waals surface area contributed by atoms with E-state index < -0.39 is 10.0 Å². The summed E-state index contributed by atoms with van der Waals surface area (Å²) in [5.41, 5.74) is 0. The van der Waals surface area contributed by atoms with Gasteiger partial charge in [0.05, 0.1) is 5.25 Å². The van der Waals surface area contributed by atoms with E-state index in [-0.39, 0.29) is 23.1 Å². The fourth-order valence-electron chi connectivity index (χ4n) is 3.63. The lowest BCUT2D eigenvalue weighted by Crippen LogP contribution is -2.58. The molecule has 0 saturated carbocycles. The summed E-state index contributed by atoms with van der Waals surface area (Å²) in [5, 5.41) is -0.370. The van der Waals surface area contributed by atoms with Gasteiger partial charge in [-0.25, -0.2) is 12.7 Å². The van der Waals surface area contributed by atoms with Crippen LogP contribution in [0.1, 0.15) is 53.4 Å². The molecule has 2 rings (SSSR count). The van der Waals surface area contributed by atoms with Gasteiger partial charge in [0.1, 0.15) is 0 Å². The molecule has 1 unspecified atom stereocenters. The van der Waals surface area contributed by atoms with Gasteiger partial charge in [0.2, 0.25) is 15.9 Å². The third kappa shape index (κ3) is 3.32. The van der Waals surface area contributed by atoms with Crippen molar-refractivity contribution in [3.8, 4) is 0 Å². The minimum atomic E-state index is -3.18. The van der Waals surface area contributed by atoms with Crippen molar-refractivity contribution in [3.05, 3.63) is 0 Å². The fraction of sp³-hybridized carbons (Fsp3) is 0.938. The van der Waals surface area contributed by atoms with Crippen LogP contribution in [0.5, 0.6) is 0 Å². The minimum absolute atomic E-state index is 0.0659. The Labute approximate surface area is 135 Å². The molecule has 2 saturated heterocycles. The molecule has 22 heavy (non-hydrogen) atoms. The van der Waals surface area contributed by atoms with Crippen LogP contribution in [0.3, 0.4) is 0 Å². The van der Waals surface area contributed by atoms with Crippen LogP contribution in [0.2, 0.25) is 0 Å². The van der Waals surface area contributed by atoms with E-state index in [4.69, 9.17) is 0 Å². The maximum Gasteiger partial charge on any atom is 0.225 e. The Balaban J connectivity index is 2.10. The minimum Gasteiger partial charge on any atom is -0.339 e. The molecular formula is C16H30N2O3S. The molecule has 2 heterocycles. The predicted octanol–water partition coefficient (Wildman–Crippen LogP) is 2.08. The Kier molecular flexibility index (Phi) is 5.54. The van der Waals surface area contributed by atoms with Crippen molar-refractivity contribution in [2.45, 2.75) is 64.7 Å². The number of amides is 1. The predicted molar refractivity (Wildman–Crippen MR) is 87.9 cm³/mol. The van der Waals surface area contributed by atoms with Crippen molar-refractivity contribution in [3.63, 3.8) is 0 Å². The van der Waals surface area contributed by atoms with Crippen molar-refractivity contribution >= 4 is 15.9 Å². The average molecular weight is 330 g/mol. The molecule has 5 nitrogen and oxygen atoms in total. The van der Waals surface area contributed by atoms with Gasteiger partial charge in [-0.15, -0.1) is 0 Å². The van der Waals surface area contributed by atoms with Crippen LogP contribution in [0.4, 0.5) is 0 Å². The number of piperidine rings is 2. The van der Waals surface area contributed by atoms with Gasteiger partial charge in [-0.1, -0.05) is 13.8 Å². The average Bonchev–Trinajstić information content (AvgIpc) is 2.52. The molecule has 2 aliphatic rings. The Morgan fingerprint density at radius 2 is 1.86 bits per heavy atom. The molecular weight excluding hydrogens is 300 g/mol. The van der Waals surface area contributed by atoms with Crippen LogP contribution in [0, 0.1) is 11.8 Å². The number of hydrogen-bond acceptors (Lipinski definition) is 3. The quantitative estimate of drug-likeness (QED) is 0.793. The fourth-order valence-corrected chi connectivity index (χ4v) is 4.99. The zero-order valence-corrected chi connectivity index (χ0v) is 15.1. The standard InChI is InChI=1S/C16H30N2O3S/c1-5-13(4)16(19)18-9-6-7-14-11-17(10-8-15(14)18)22(20,21)12(2)3/h12-15H,5-11H2,1-4H3/t13?,14-,15-/m1/s1. The summed E-state index contributed by atoms with van der Waals surface area (Å²) in [7, 11) is -3.18. The van der Waals surface area contributed by atoms with Gasteiger partial charge in [0, 0.05) is 31.6 Å². The van der Waals surface area contributed by atoms with Gasteiger partial charge in [0.25, 0.3) is 0 Å². The van der Waals surface area contributed by atoms with Crippen molar-refractivity contribution in [2.75, 3.05) is 19.6 Å². The Morgan fingerprint density at radius 1 is 1.18 bits per heavy atom. The van der Waals surface area contributed by atoms with E-state index >= 15 is 0 Å². The highest BCUT2D eigenvalue weighted by molar-refractivity contribution is 7.89. The van der Waals surface area contributed by atoms with Gasteiger partial charge < -0.3 is 4.90 Å². The topological polar surface area (TPSA) is 57.7 Å². The van der Waals surface area contributed by atoms with Crippen LogP contribution < -0.4 is 0 Å². The Bertz CT molecular complexity index is 504. The van der Waals surface area contributed by atoms with E-state index in [9.17, 15) is 13.2 Å². The van der Waals surface area contributed by atoms with Crippen molar-refractivity contribution in [1.29, 1.82) is 0 Å². The molecule has 2 fully saturated rings. The van der Waals surface area contributed by atoms with Crippen molar-refractivity contribution in [1.82, 2.24) is 9.21 Å². The van der Waals surface area contributed by atoms with E-state index in [2.05, 4.69) is 0 Å². The molecule has 2 aliphatic heterocycles. The number of carbonyl (C=O) groups excluding carboxylic acids is 1. The Hall–Kier alpha value is -0.620. The molecule has 0 bridgehead atoms. The maximum absolute atomic E-state index is 12.6. The number of nitrogens with zero attached hydrogens (tertiary/aromatic N) is 2. The molecule has 6 heteroatoms. The number of carbonyl (C=O) groups is 1. The first kappa shape index (κ1) is 17.7. The van der Waals surface area contributed by atoms with E-state index in [1.54, 1.807) is 18.2 Å². The highest BCUT2D eigenvalue weighted by atomic mass is 32.2. The second kappa shape index (κ2) is 6.87. The Morgan fingerprint density at radius 3 is 2.45 bits per heavy atom. The van der Waals surface area contributed by atoms with Gasteiger partial charge in [0.15, 0.2) is 0 Å². The lowest BCUT2D eigenvalue weighted by Gasteiger charge is -2.47. The smallest absolute Gasteiger partial charge is 0.225 e. The maximum atomic E-state index is 12.6. The molecule has 0 spiro atoms. The molecule has 0 aromatic rings. The number of likely N-dealkylation sites (tertiary alicyclic amines) is 1. The van der Waals surface area contributed by atoms with E-state index in [0.717, 1.165) is 32.2 Å². The first-order valence-electron chi connectivity index (χ1n) is 8.58. The van der Waals surface area contributed by atoms with E-state index in [0.29, 0.717) is 19.0 Å². The van der Waals surface area contributed by atoms with Crippen molar-refractivity contribution < 1.29 is 13.2 Å². The van der Waals surface area contributed by atoms with Crippen molar-refractivity contribution in [2.24, 2.45) is 11.8 Å². The molecule has 0 aromatic carbocycles. The molecule has 0 radical (unpaired) electrons. The van der Waals surface area contributed by atoms with E-state index in [1.807, 2.05) is 18.7 Å². The SMILES string of the molecule is CCC(C)C(=O)N1CCC[C@@H]2CN(S(=O)(=O)C(C)C)CC[C@H]21. The monoisotopic (exact) mass is 330 g/mol. The lowest BCUT2D eigenvalue weighted by atomic mass is 9.84. The first-order valence-corrected chi connectivity index (χ1v) is 10.1. The summed E-state index contributed by atoms with van der Waals surface area (Å²) >= 11 is 0. The number of fused-ring (bicyclic) bond motifs is 1. The lowest BCUT2D eigenvalue weighted by molar-refractivity contribution is -0.141. The molecule has 0 aliphatic carbocycles. The third-order valence-corrected chi connectivity index (χ3v) is 7.55. The summed E-state index contributed by atoms with van der Waals surface area (Å²) in [6.45, 7) is 9.47. The van der Waals surface area contributed by atoms with Crippen LogP contribution in [0.25, 0.3) is 0 Å². The second-order valence-electron chi connectivity index (χ2n) is 7.05. The molecule has 3 atom stereocenters. The van der Waals surface area contributed by atoms with Gasteiger partial charge in [-0.05, 0) is 45.4 Å². The van der Waals surface area contributed by atoms with Crippen LogP contribution in [-0.2, 0) is 14.8 Å². The summed E-state index contributed by atoms with van der Waals surface area (Å²) < 4.78 is 26.4. The summed E-state index contributed by atoms with van der Waals surface area (Å²) in [5.74, 6) is 0.609. The number of sulfonamides is 1. The zero-order valence-electron chi connectivity index (χ0n) is 14.3. The summed E-state index contributed by atoms with van der Waals surface area (Å²) in [4.78, 5) is 14.6. The summed E-state index contributed by atoms with van der Waals surface area (Å²) in [6, 6.07) is 0.230. The molecule has 0 aromatic heterocycles. The highest BCUT2D eigenvalue weighted by Crippen LogP contribution is 2.33. The van der Waals surface area contributed by atoms with Crippen LogP contribution in [-0.4, -0.2) is 54.5 Å². The second-order valence-corrected chi connectivity index (χ2v) is 9.54. The first-order chi connectivity index (χ1) is 10.3. The molecule has 128 valence electrons. The summed E-state index contributed by atoms with van der Waals surface area (Å²) in [6.07, 6.45) is 3.65. The van der Waals surface area contributed by atoms with Crippen LogP contribution >= 0.6 is 0 Å². The molecule has 1 amide bonds. The van der Waals surface area contributed by atoms with Gasteiger partial charge >= 0.3 is 0 Å². The normalized spacial score (nSPS) is 28.5. The number of hydrogen-bond donors (Lipinski definition) is 0. The van der Waals surface area contributed by atoms with Gasteiger partial charge in [-0.2, -0.15) is 0 Å². The van der Waals surface area contributed by atoms with Crippen LogP contribution in [0.15, 0.2) is 0 Å². The molecule has 0 N–H and O–H groups in total. The number of rotatable bonds is 4. The third-order valence-electron chi connectivity index (χ3n) is 5.30. The highest BCUT2D eigenvalue weighted by Gasteiger charge is 2.42. The van der Waals surface area contributed by atoms with Gasteiger partial charge in [-0.3, -0.25) is 4.79 Å². The largest absolute Gasteiger partial charge is 0.339 e. The van der Waals surface area contributed by atoms with E-state index in [1.165, 1.54) is 0 Å².